The van der Waals surface area contributed by atoms with Crippen LogP contribution in [-0.4, -0.2) is 58.3 Å². The van der Waals surface area contributed by atoms with Crippen molar-refractivity contribution in [1.29, 1.82) is 0 Å². The normalized spacial score (nSPS) is 17.1. The minimum absolute atomic E-state index is 0.0310. The number of aromatic nitrogens is 4. The van der Waals surface area contributed by atoms with Gasteiger partial charge in [-0.05, 0) is 32.0 Å². The zero-order valence-electron chi connectivity index (χ0n) is 18.5. The first kappa shape index (κ1) is 22.4. The van der Waals surface area contributed by atoms with Gasteiger partial charge in [0.15, 0.2) is 17.5 Å². The van der Waals surface area contributed by atoms with E-state index >= 15 is 0 Å². The Bertz CT molecular complexity index is 1170. The van der Waals surface area contributed by atoms with Crippen LogP contribution < -0.4 is 15.5 Å². The first-order valence-corrected chi connectivity index (χ1v) is 11.0. The van der Waals surface area contributed by atoms with Crippen LogP contribution in [0.1, 0.15) is 30.0 Å². The second kappa shape index (κ2) is 8.75. The third kappa shape index (κ3) is 4.76. The fourth-order valence-electron chi connectivity index (χ4n) is 4.00. The van der Waals surface area contributed by atoms with Gasteiger partial charge in [0.2, 0.25) is 5.95 Å². The topological polar surface area (TPSA) is 85.0 Å². The Morgan fingerprint density at radius 3 is 2.56 bits per heavy atom. The van der Waals surface area contributed by atoms with E-state index in [1.807, 2.05) is 7.05 Å². The molecule has 2 aliphatic rings. The Morgan fingerprint density at radius 2 is 1.85 bits per heavy atom. The fraction of sp³-hybridized carbons (Fsp3) is 0.409. The van der Waals surface area contributed by atoms with Crippen LogP contribution in [-0.2, 0) is 6.18 Å². The van der Waals surface area contributed by atoms with Gasteiger partial charge >= 0.3 is 6.18 Å². The number of piperazine rings is 1. The smallest absolute Gasteiger partial charge is 0.367 e. The molecule has 12 heteroatoms. The first-order valence-electron chi connectivity index (χ1n) is 11.0. The largest absolute Gasteiger partial charge is 0.418 e. The molecule has 3 aromatic rings. The van der Waals surface area contributed by atoms with Crippen LogP contribution in [0.4, 0.5) is 46.5 Å². The number of anilines is 5. The highest BCUT2D eigenvalue weighted by atomic mass is 19.4. The van der Waals surface area contributed by atoms with Gasteiger partial charge in [-0.2, -0.15) is 23.3 Å². The summed E-state index contributed by atoms with van der Waals surface area (Å²) in [7, 11) is 1.93. The molecule has 34 heavy (non-hydrogen) atoms. The second-order valence-corrected chi connectivity index (χ2v) is 8.61. The number of nitrogens with zero attached hydrogens (tertiary/aromatic N) is 5. The van der Waals surface area contributed by atoms with E-state index in [-0.39, 0.29) is 23.1 Å². The molecule has 1 aliphatic carbocycles. The molecule has 0 bridgehead atoms. The maximum absolute atomic E-state index is 14.4. The lowest BCUT2D eigenvalue weighted by atomic mass is 10.1. The number of halogens is 4. The van der Waals surface area contributed by atoms with Crippen LogP contribution in [0.25, 0.3) is 0 Å². The number of hydrogen-bond acceptors (Lipinski definition) is 7. The van der Waals surface area contributed by atoms with Crippen LogP contribution in [0.3, 0.4) is 0 Å². The molecule has 2 fully saturated rings. The lowest BCUT2D eigenvalue weighted by Gasteiger charge is -2.36. The van der Waals surface area contributed by atoms with Gasteiger partial charge in [0.25, 0.3) is 0 Å². The van der Waals surface area contributed by atoms with E-state index in [2.05, 4.69) is 35.7 Å². The summed E-state index contributed by atoms with van der Waals surface area (Å²) in [5, 5.41) is 12.7. The molecular formula is C22H24F4N8. The quantitative estimate of drug-likeness (QED) is 0.453. The molecule has 0 spiro atoms. The summed E-state index contributed by atoms with van der Waals surface area (Å²) in [6, 6.07) is 5.73. The van der Waals surface area contributed by atoms with Crippen LogP contribution in [0, 0.1) is 5.82 Å². The number of H-pyrrole nitrogens is 1. The maximum Gasteiger partial charge on any atom is 0.418 e. The van der Waals surface area contributed by atoms with Crippen molar-refractivity contribution in [2.75, 3.05) is 48.8 Å². The first-order chi connectivity index (χ1) is 16.3. The van der Waals surface area contributed by atoms with E-state index < -0.39 is 17.6 Å². The summed E-state index contributed by atoms with van der Waals surface area (Å²) < 4.78 is 56.0. The Balaban J connectivity index is 1.43. The van der Waals surface area contributed by atoms with Gasteiger partial charge in [-0.15, -0.1) is 0 Å². The van der Waals surface area contributed by atoms with Crippen molar-refractivity contribution in [2.45, 2.75) is 24.9 Å². The summed E-state index contributed by atoms with van der Waals surface area (Å²) >= 11 is 0. The van der Waals surface area contributed by atoms with Gasteiger partial charge in [0.05, 0.1) is 23.1 Å². The van der Waals surface area contributed by atoms with Crippen molar-refractivity contribution in [3.05, 3.63) is 47.5 Å². The third-order valence-corrected chi connectivity index (χ3v) is 6.01. The van der Waals surface area contributed by atoms with Gasteiger partial charge < -0.3 is 20.4 Å². The van der Waals surface area contributed by atoms with Gasteiger partial charge in [-0.25, -0.2) is 9.37 Å². The Labute approximate surface area is 193 Å². The number of nitrogens with one attached hydrogen (secondary N) is 3. The highest BCUT2D eigenvalue weighted by Gasteiger charge is 2.37. The standard InChI is InChI=1S/C22H24F4N8/c1-33-7-9-34(10-8-33)19-14(22(24,25)26)3-2-4-16(19)28-21-27-12-15(23)20(30-21)29-18-11-17(31-32-18)13-5-6-13/h2-4,11-13H,5-10H2,1H3,(H3,27,28,29,30,31,32). The van der Waals surface area contributed by atoms with Crippen LogP contribution in [0.5, 0.6) is 0 Å². The van der Waals surface area contributed by atoms with Gasteiger partial charge in [-0.1, -0.05) is 6.07 Å². The molecule has 8 nitrogen and oxygen atoms in total. The van der Waals surface area contributed by atoms with Crippen molar-refractivity contribution in [2.24, 2.45) is 0 Å². The number of likely N-dealkylation sites (N-methyl/N-ethyl adjacent to an activating group) is 1. The van der Waals surface area contributed by atoms with Crippen LogP contribution in [0.15, 0.2) is 30.5 Å². The summed E-state index contributed by atoms with van der Waals surface area (Å²) in [5.74, 6) is -0.00653. The van der Waals surface area contributed by atoms with E-state index in [0.717, 1.165) is 30.8 Å². The molecule has 2 aromatic heterocycles. The molecule has 3 N–H and O–H groups in total. The number of hydrogen-bond donors (Lipinski definition) is 3. The Kier molecular flexibility index (Phi) is 5.76. The second-order valence-electron chi connectivity index (χ2n) is 8.61. The van der Waals surface area contributed by atoms with Gasteiger partial charge in [-0.3, -0.25) is 5.10 Å². The van der Waals surface area contributed by atoms with Crippen molar-refractivity contribution in [3.8, 4) is 0 Å². The minimum atomic E-state index is -4.54. The molecule has 1 saturated carbocycles. The van der Waals surface area contributed by atoms with E-state index in [1.165, 1.54) is 6.07 Å². The average Bonchev–Trinajstić information content (AvgIpc) is 3.55. The van der Waals surface area contributed by atoms with Crippen molar-refractivity contribution >= 4 is 29.0 Å². The molecule has 1 aromatic carbocycles. The summed E-state index contributed by atoms with van der Waals surface area (Å²) in [5.41, 5.74) is 0.461. The van der Waals surface area contributed by atoms with Crippen LogP contribution in [0.2, 0.25) is 0 Å². The van der Waals surface area contributed by atoms with E-state index in [4.69, 9.17) is 0 Å². The monoisotopic (exact) mass is 476 g/mol. The number of alkyl halides is 3. The SMILES string of the molecule is CN1CCN(c2c(Nc3ncc(F)c(Nc4cc(C5CC5)[nH]n4)n3)cccc2C(F)(F)F)CC1. The Hall–Kier alpha value is -3.41. The number of rotatable bonds is 6. The highest BCUT2D eigenvalue weighted by Crippen LogP contribution is 2.42. The van der Waals surface area contributed by atoms with Gasteiger partial charge in [0.1, 0.15) is 0 Å². The van der Waals surface area contributed by atoms with Crippen molar-refractivity contribution in [3.63, 3.8) is 0 Å². The van der Waals surface area contributed by atoms with Crippen LogP contribution >= 0.6 is 0 Å². The minimum Gasteiger partial charge on any atom is -0.367 e. The molecular weight excluding hydrogens is 452 g/mol. The molecule has 3 heterocycles. The number of aromatic amines is 1. The lowest BCUT2D eigenvalue weighted by molar-refractivity contribution is -0.137. The third-order valence-electron chi connectivity index (χ3n) is 6.01. The highest BCUT2D eigenvalue weighted by molar-refractivity contribution is 5.77. The van der Waals surface area contributed by atoms with E-state index in [1.54, 1.807) is 17.0 Å². The zero-order valence-corrected chi connectivity index (χ0v) is 18.5. The summed E-state index contributed by atoms with van der Waals surface area (Å²) in [4.78, 5) is 11.9. The Morgan fingerprint density at radius 1 is 1.09 bits per heavy atom. The molecule has 180 valence electrons. The number of para-hydroxylation sites is 1. The number of benzene rings is 1. The predicted octanol–water partition coefficient (Wildman–Crippen LogP) is 4.47. The molecule has 0 unspecified atom stereocenters. The predicted molar refractivity (Wildman–Crippen MR) is 120 cm³/mol. The van der Waals surface area contributed by atoms with Gasteiger partial charge in [0, 0.05) is 43.9 Å². The van der Waals surface area contributed by atoms with Crippen molar-refractivity contribution < 1.29 is 17.6 Å². The summed E-state index contributed by atoms with van der Waals surface area (Å²) in [6.45, 7) is 2.16. The molecule has 5 rings (SSSR count). The zero-order chi connectivity index (χ0) is 23.9. The molecule has 1 saturated heterocycles. The fourth-order valence-corrected chi connectivity index (χ4v) is 4.00. The average molecular weight is 476 g/mol. The molecule has 0 atom stereocenters. The molecule has 0 amide bonds. The van der Waals surface area contributed by atoms with E-state index in [0.29, 0.717) is 37.9 Å². The van der Waals surface area contributed by atoms with Crippen molar-refractivity contribution in [1.82, 2.24) is 25.1 Å². The molecule has 1 aliphatic heterocycles. The van der Waals surface area contributed by atoms with E-state index in [9.17, 15) is 17.6 Å². The lowest BCUT2D eigenvalue weighted by Crippen LogP contribution is -2.45. The summed E-state index contributed by atoms with van der Waals surface area (Å²) in [6.07, 6.45) is -1.39. The maximum atomic E-state index is 14.4. The molecule has 0 radical (unpaired) electrons.